The van der Waals surface area contributed by atoms with Crippen LogP contribution < -0.4 is 10.2 Å². The molecule has 1 fully saturated rings. The molecule has 0 radical (unpaired) electrons. The lowest BCUT2D eigenvalue weighted by Crippen LogP contribution is -3.15. The predicted octanol–water partition coefficient (Wildman–Crippen LogP) is 1.63. The second kappa shape index (κ2) is 8.34. The SMILES string of the molecule is Cc1cccc(C(=O)N2CC[NH+](CC(=O)Nc3ccccc3Cl)CC2)c1. The average Bonchev–Trinajstić information content (AvgIpc) is 2.64. The summed E-state index contributed by atoms with van der Waals surface area (Å²) in [7, 11) is 0. The standard InChI is InChI=1S/C20H22ClN3O2/c1-15-5-4-6-16(13-15)20(26)24-11-9-23(10-12-24)14-19(25)22-18-8-3-2-7-17(18)21/h2-8,13H,9-12,14H2,1H3,(H,22,25)/p+1. The number of rotatable bonds is 4. The highest BCUT2D eigenvalue weighted by Gasteiger charge is 2.26. The van der Waals surface area contributed by atoms with Crippen molar-refractivity contribution in [3.8, 4) is 0 Å². The van der Waals surface area contributed by atoms with E-state index in [0.717, 1.165) is 24.2 Å². The number of benzene rings is 2. The molecule has 0 atom stereocenters. The minimum Gasteiger partial charge on any atom is -0.327 e. The highest BCUT2D eigenvalue weighted by Crippen LogP contribution is 2.19. The van der Waals surface area contributed by atoms with Gasteiger partial charge in [-0.2, -0.15) is 0 Å². The molecule has 5 nitrogen and oxygen atoms in total. The monoisotopic (exact) mass is 372 g/mol. The van der Waals surface area contributed by atoms with Crippen molar-refractivity contribution >= 4 is 29.1 Å². The van der Waals surface area contributed by atoms with Crippen LogP contribution in [0.25, 0.3) is 0 Å². The molecular formula is C20H23ClN3O2+. The zero-order valence-electron chi connectivity index (χ0n) is 14.8. The molecule has 2 aromatic carbocycles. The van der Waals surface area contributed by atoms with Gasteiger partial charge in [0.1, 0.15) is 0 Å². The summed E-state index contributed by atoms with van der Waals surface area (Å²) in [5.41, 5.74) is 2.44. The first-order valence-electron chi connectivity index (χ1n) is 8.77. The van der Waals surface area contributed by atoms with Gasteiger partial charge in [0.25, 0.3) is 11.8 Å². The van der Waals surface area contributed by atoms with E-state index in [1.165, 1.54) is 4.90 Å². The minimum absolute atomic E-state index is 0.0632. The number of nitrogens with one attached hydrogen (secondary N) is 2. The Bertz CT molecular complexity index is 801. The molecule has 6 heteroatoms. The van der Waals surface area contributed by atoms with E-state index in [0.29, 0.717) is 30.3 Å². The summed E-state index contributed by atoms with van der Waals surface area (Å²) < 4.78 is 0. The van der Waals surface area contributed by atoms with Gasteiger partial charge >= 0.3 is 0 Å². The summed E-state index contributed by atoms with van der Waals surface area (Å²) in [4.78, 5) is 27.9. The Balaban J connectivity index is 1.50. The van der Waals surface area contributed by atoms with Crippen molar-refractivity contribution in [1.29, 1.82) is 0 Å². The molecule has 0 bridgehead atoms. The third-order valence-corrected chi connectivity index (χ3v) is 4.91. The highest BCUT2D eigenvalue weighted by atomic mass is 35.5. The molecule has 0 aromatic heterocycles. The first kappa shape index (κ1) is 18.4. The van der Waals surface area contributed by atoms with E-state index >= 15 is 0 Å². The van der Waals surface area contributed by atoms with E-state index in [2.05, 4.69) is 5.32 Å². The van der Waals surface area contributed by atoms with Crippen LogP contribution in [0, 0.1) is 6.92 Å². The van der Waals surface area contributed by atoms with Gasteiger partial charge in [0.2, 0.25) is 0 Å². The van der Waals surface area contributed by atoms with Crippen LogP contribution in [0.4, 0.5) is 5.69 Å². The van der Waals surface area contributed by atoms with E-state index in [1.807, 2.05) is 48.2 Å². The molecule has 1 aliphatic rings. The molecule has 0 saturated carbocycles. The normalized spacial score (nSPS) is 14.9. The second-order valence-corrected chi connectivity index (χ2v) is 7.02. The number of amides is 2. The van der Waals surface area contributed by atoms with Crippen LogP contribution in [0.15, 0.2) is 48.5 Å². The summed E-state index contributed by atoms with van der Waals surface area (Å²) in [6.07, 6.45) is 0. The van der Waals surface area contributed by atoms with Gasteiger partial charge in [-0.1, -0.05) is 41.4 Å². The third-order valence-electron chi connectivity index (χ3n) is 4.58. The Labute approximate surface area is 158 Å². The number of piperazine rings is 1. The number of anilines is 1. The molecule has 1 saturated heterocycles. The third kappa shape index (κ3) is 4.62. The van der Waals surface area contributed by atoms with Crippen molar-refractivity contribution in [1.82, 2.24) is 4.90 Å². The lowest BCUT2D eigenvalue weighted by molar-refractivity contribution is -0.895. The predicted molar refractivity (Wildman–Crippen MR) is 103 cm³/mol. The van der Waals surface area contributed by atoms with Gasteiger partial charge in [-0.15, -0.1) is 0 Å². The van der Waals surface area contributed by atoms with Crippen molar-refractivity contribution in [3.63, 3.8) is 0 Å². The maximum absolute atomic E-state index is 12.6. The van der Waals surface area contributed by atoms with E-state index in [9.17, 15) is 9.59 Å². The van der Waals surface area contributed by atoms with Crippen molar-refractivity contribution in [2.24, 2.45) is 0 Å². The van der Waals surface area contributed by atoms with Gasteiger partial charge in [-0.05, 0) is 31.2 Å². The lowest BCUT2D eigenvalue weighted by atomic mass is 10.1. The maximum atomic E-state index is 12.6. The summed E-state index contributed by atoms with van der Waals surface area (Å²) in [6, 6.07) is 14.9. The van der Waals surface area contributed by atoms with Gasteiger partial charge in [-0.3, -0.25) is 9.59 Å². The van der Waals surface area contributed by atoms with Crippen molar-refractivity contribution < 1.29 is 14.5 Å². The van der Waals surface area contributed by atoms with Crippen LogP contribution in [0.2, 0.25) is 5.02 Å². The largest absolute Gasteiger partial charge is 0.327 e. The molecule has 0 unspecified atom stereocenters. The van der Waals surface area contributed by atoms with Crippen LogP contribution in [-0.4, -0.2) is 49.4 Å². The fourth-order valence-corrected chi connectivity index (χ4v) is 3.33. The number of hydrogen-bond acceptors (Lipinski definition) is 2. The minimum atomic E-state index is -0.0634. The zero-order valence-corrected chi connectivity index (χ0v) is 15.6. The van der Waals surface area contributed by atoms with Crippen molar-refractivity contribution in [2.45, 2.75) is 6.92 Å². The van der Waals surface area contributed by atoms with Crippen LogP contribution in [0.1, 0.15) is 15.9 Å². The van der Waals surface area contributed by atoms with Gasteiger partial charge < -0.3 is 15.1 Å². The lowest BCUT2D eigenvalue weighted by Gasteiger charge is -2.32. The van der Waals surface area contributed by atoms with Crippen LogP contribution in [0.5, 0.6) is 0 Å². The van der Waals surface area contributed by atoms with Gasteiger partial charge in [-0.25, -0.2) is 0 Å². The van der Waals surface area contributed by atoms with Gasteiger partial charge in [0.05, 0.1) is 36.9 Å². The summed E-state index contributed by atoms with van der Waals surface area (Å²) in [6.45, 7) is 5.18. The fraction of sp³-hybridized carbons (Fsp3) is 0.300. The number of halogens is 1. The van der Waals surface area contributed by atoms with E-state index < -0.39 is 0 Å². The Kier molecular flexibility index (Phi) is 5.91. The topological polar surface area (TPSA) is 53.9 Å². The first-order valence-corrected chi connectivity index (χ1v) is 9.14. The molecule has 2 amide bonds. The van der Waals surface area contributed by atoms with Gasteiger partial charge in [0.15, 0.2) is 6.54 Å². The van der Waals surface area contributed by atoms with Crippen LogP contribution >= 0.6 is 11.6 Å². The molecule has 1 heterocycles. The van der Waals surface area contributed by atoms with E-state index in [4.69, 9.17) is 11.6 Å². The van der Waals surface area contributed by atoms with Crippen LogP contribution in [-0.2, 0) is 4.79 Å². The molecule has 0 spiro atoms. The Hall–Kier alpha value is -2.37. The number of carbonyl (C=O) groups is 2. The number of aryl methyl sites for hydroxylation is 1. The Morgan fingerprint density at radius 2 is 1.85 bits per heavy atom. The van der Waals surface area contributed by atoms with Crippen molar-refractivity contribution in [3.05, 3.63) is 64.7 Å². The Morgan fingerprint density at radius 1 is 1.12 bits per heavy atom. The first-order chi connectivity index (χ1) is 12.5. The molecule has 1 aliphatic heterocycles. The van der Waals surface area contributed by atoms with E-state index in [1.54, 1.807) is 12.1 Å². The molecular weight excluding hydrogens is 350 g/mol. The molecule has 2 N–H and O–H groups in total. The second-order valence-electron chi connectivity index (χ2n) is 6.62. The van der Waals surface area contributed by atoms with E-state index in [-0.39, 0.29) is 11.8 Å². The number of nitrogens with zero attached hydrogens (tertiary/aromatic N) is 1. The van der Waals surface area contributed by atoms with Crippen LogP contribution in [0.3, 0.4) is 0 Å². The molecule has 136 valence electrons. The molecule has 26 heavy (non-hydrogen) atoms. The fourth-order valence-electron chi connectivity index (χ4n) is 3.15. The quantitative estimate of drug-likeness (QED) is 0.857. The average molecular weight is 373 g/mol. The summed E-state index contributed by atoms with van der Waals surface area (Å²) >= 11 is 6.07. The molecule has 3 rings (SSSR count). The summed E-state index contributed by atoms with van der Waals surface area (Å²) in [5, 5.41) is 3.38. The summed E-state index contributed by atoms with van der Waals surface area (Å²) in [5.74, 6) is -0.000158. The number of para-hydroxylation sites is 1. The highest BCUT2D eigenvalue weighted by molar-refractivity contribution is 6.33. The number of carbonyl (C=O) groups excluding carboxylic acids is 2. The Morgan fingerprint density at radius 3 is 2.54 bits per heavy atom. The van der Waals surface area contributed by atoms with Gasteiger partial charge in [0, 0.05) is 5.56 Å². The smallest absolute Gasteiger partial charge is 0.279 e. The molecule has 2 aromatic rings. The zero-order chi connectivity index (χ0) is 18.5. The number of quaternary nitrogens is 1. The number of hydrogen-bond donors (Lipinski definition) is 2. The molecule has 0 aliphatic carbocycles. The maximum Gasteiger partial charge on any atom is 0.279 e. The van der Waals surface area contributed by atoms with Crippen molar-refractivity contribution in [2.75, 3.05) is 38.0 Å².